The van der Waals surface area contributed by atoms with Gasteiger partial charge in [-0.2, -0.15) is 0 Å². The van der Waals surface area contributed by atoms with E-state index in [-0.39, 0.29) is 13.4 Å². The summed E-state index contributed by atoms with van der Waals surface area (Å²) in [5.74, 6) is 4.96. The Balaban J connectivity index is 0.918. The Labute approximate surface area is 432 Å². The smallest absolute Gasteiger partial charge is 0.260 e. The van der Waals surface area contributed by atoms with Crippen molar-refractivity contribution in [2.45, 2.75) is 0 Å². The van der Waals surface area contributed by atoms with Gasteiger partial charge in [-0.05, 0) is 114 Å². The molecule has 8 heteroatoms. The molecule has 0 fully saturated rings. The van der Waals surface area contributed by atoms with Crippen molar-refractivity contribution >= 4 is 103 Å². The topological polar surface area (TPSA) is 43.0 Å². The van der Waals surface area contributed by atoms with Crippen molar-refractivity contribution < 1.29 is 14.2 Å². The van der Waals surface area contributed by atoms with Crippen molar-refractivity contribution in [1.82, 2.24) is 0 Å². The molecule has 5 nitrogen and oxygen atoms in total. The highest BCUT2D eigenvalue weighted by molar-refractivity contribution is 7.20. The molecule has 0 radical (unpaired) electrons. The van der Waals surface area contributed by atoms with Gasteiger partial charge in [0.05, 0.1) is 5.69 Å². The Morgan fingerprint density at radius 2 is 0.784 bits per heavy atom. The lowest BCUT2D eigenvalue weighted by molar-refractivity contribution is 0.465. The zero-order chi connectivity index (χ0) is 48.7. The SMILES string of the molecule is c1ccc(N(c2ccccc2)c2cc3c4c(c2)Oc2ccccc2B4c2cc4c(cc2N3)Oc2cc(-c3ccccc3[Si](c3ccccc3)(c3ccccc3)c3ccccc3)cc3c2B4c2ccccc2O3)cc1. The van der Waals surface area contributed by atoms with E-state index in [1.165, 1.54) is 26.2 Å². The second-order valence-corrected chi connectivity index (χ2v) is 23.3. The molecule has 1 N–H and O–H groups in total. The third-order valence-electron chi connectivity index (χ3n) is 15.6. The monoisotopic (exact) mass is 962 g/mol. The number of benzene rings is 11. The van der Waals surface area contributed by atoms with E-state index >= 15 is 0 Å². The first kappa shape index (κ1) is 42.4. The van der Waals surface area contributed by atoms with E-state index < -0.39 is 8.07 Å². The fourth-order valence-electron chi connectivity index (χ4n) is 12.5. The van der Waals surface area contributed by atoms with Crippen LogP contribution in [0.5, 0.6) is 34.5 Å². The molecule has 11 aromatic rings. The molecular weight excluding hydrogens is 918 g/mol. The number of hydrogen-bond donors (Lipinski definition) is 1. The van der Waals surface area contributed by atoms with Crippen LogP contribution in [0, 0.1) is 0 Å². The third kappa shape index (κ3) is 6.51. The van der Waals surface area contributed by atoms with Crippen LogP contribution in [0.4, 0.5) is 28.4 Å². The van der Waals surface area contributed by atoms with Gasteiger partial charge < -0.3 is 24.4 Å². The van der Waals surface area contributed by atoms with Crippen molar-refractivity contribution in [3.63, 3.8) is 0 Å². The molecule has 0 unspecified atom stereocenters. The van der Waals surface area contributed by atoms with Gasteiger partial charge in [-0.15, -0.1) is 0 Å². The van der Waals surface area contributed by atoms with Gasteiger partial charge in [0, 0.05) is 40.3 Å². The number of hydrogen-bond acceptors (Lipinski definition) is 5. The number of anilines is 5. The molecule has 15 rings (SSSR count). The summed E-state index contributed by atoms with van der Waals surface area (Å²) in [5, 5.41) is 9.21. The van der Waals surface area contributed by atoms with Crippen LogP contribution in [0.25, 0.3) is 11.1 Å². The lowest BCUT2D eigenvalue weighted by Gasteiger charge is -2.38. The molecule has 0 atom stereocenters. The Morgan fingerprint density at radius 3 is 1.35 bits per heavy atom. The first-order valence-corrected chi connectivity index (χ1v) is 27.4. The molecule has 0 amide bonds. The molecule has 4 aliphatic rings. The van der Waals surface area contributed by atoms with E-state index in [4.69, 9.17) is 14.2 Å². The van der Waals surface area contributed by atoms with Crippen LogP contribution >= 0.6 is 0 Å². The normalized spacial score (nSPS) is 13.0. The van der Waals surface area contributed by atoms with Gasteiger partial charge in [-0.25, -0.2) is 0 Å². The standard InChI is InChI=1S/C66H44B2N2O3Si/c1-6-22-45(23-7-1)70(46-24-8-2-9-25-46)47-40-57-65-63(41-47)72-58-35-19-17-33-52(58)67(65)54-42-55-60(43-56(54)69-57)73-62-39-44(38-61-66(62)68(55)53-34-18-20-36-59(53)71-61)51-32-16-21-37-64(51)74(48-26-10-3-11-27-48,49-28-12-4-13-29-49)50-30-14-5-15-31-50/h1-43,69H. The summed E-state index contributed by atoms with van der Waals surface area (Å²) in [6.07, 6.45) is 0. The van der Waals surface area contributed by atoms with Crippen LogP contribution in [0.2, 0.25) is 0 Å². The number of nitrogens with one attached hydrogen (secondary N) is 1. The lowest BCUT2D eigenvalue weighted by Crippen LogP contribution is -2.75. The molecular formula is C66H44B2N2O3Si. The van der Waals surface area contributed by atoms with Gasteiger partial charge in [0.2, 0.25) is 0 Å². The van der Waals surface area contributed by atoms with Crippen LogP contribution < -0.4 is 78.0 Å². The summed E-state index contributed by atoms with van der Waals surface area (Å²) < 4.78 is 21.3. The average Bonchev–Trinajstić information content (AvgIpc) is 3.50. The van der Waals surface area contributed by atoms with E-state index in [9.17, 15) is 0 Å². The fraction of sp³-hybridized carbons (Fsp3) is 0. The number of fused-ring (bicyclic) bond motifs is 8. The predicted octanol–water partition coefficient (Wildman–Crippen LogP) is 9.61. The molecule has 0 aliphatic carbocycles. The molecule has 0 bridgehead atoms. The lowest BCUT2D eigenvalue weighted by atomic mass is 9.31. The third-order valence-corrected chi connectivity index (χ3v) is 20.4. The van der Waals surface area contributed by atoms with Gasteiger partial charge in [-0.3, -0.25) is 0 Å². The quantitative estimate of drug-likeness (QED) is 0.122. The Morgan fingerprint density at radius 1 is 0.324 bits per heavy atom. The summed E-state index contributed by atoms with van der Waals surface area (Å²) in [5.41, 5.74) is 14.0. The molecule has 0 saturated heterocycles. The molecule has 0 spiro atoms. The van der Waals surface area contributed by atoms with E-state index in [0.29, 0.717) is 0 Å². The van der Waals surface area contributed by atoms with Gasteiger partial charge >= 0.3 is 0 Å². The van der Waals surface area contributed by atoms with E-state index in [0.717, 1.165) is 101 Å². The maximum atomic E-state index is 7.35. The van der Waals surface area contributed by atoms with Crippen LogP contribution in [-0.2, 0) is 0 Å². The highest BCUT2D eigenvalue weighted by Gasteiger charge is 2.46. The molecule has 4 heterocycles. The minimum atomic E-state index is -2.94. The van der Waals surface area contributed by atoms with Gasteiger partial charge in [0.25, 0.3) is 13.4 Å². The largest absolute Gasteiger partial charge is 0.458 e. The highest BCUT2D eigenvalue weighted by atomic mass is 28.3. The van der Waals surface area contributed by atoms with E-state index in [1.54, 1.807) is 0 Å². The zero-order valence-electron chi connectivity index (χ0n) is 40.2. The van der Waals surface area contributed by atoms with Gasteiger partial charge in [0.1, 0.15) is 34.5 Å². The molecule has 0 saturated carbocycles. The Kier molecular flexibility index (Phi) is 9.72. The molecule has 4 aliphatic heterocycles. The molecule has 346 valence electrons. The van der Waals surface area contributed by atoms with E-state index in [1.807, 2.05) is 0 Å². The van der Waals surface area contributed by atoms with E-state index in [2.05, 4.69) is 271 Å². The molecule has 0 aromatic heterocycles. The second-order valence-electron chi connectivity index (χ2n) is 19.5. The molecule has 11 aromatic carbocycles. The summed E-state index contributed by atoms with van der Waals surface area (Å²) in [4.78, 5) is 2.29. The van der Waals surface area contributed by atoms with Gasteiger partial charge in [-0.1, -0.05) is 194 Å². The van der Waals surface area contributed by atoms with Crippen molar-refractivity contribution in [3.8, 4) is 45.6 Å². The minimum Gasteiger partial charge on any atom is -0.458 e. The first-order valence-electron chi connectivity index (χ1n) is 25.4. The number of rotatable bonds is 8. The minimum absolute atomic E-state index is 0.0967. The highest BCUT2D eigenvalue weighted by Crippen LogP contribution is 2.43. The zero-order valence-corrected chi connectivity index (χ0v) is 41.2. The maximum absolute atomic E-state index is 7.35. The fourth-order valence-corrected chi connectivity index (χ4v) is 17.5. The summed E-state index contributed by atoms with van der Waals surface area (Å²) >= 11 is 0. The second kappa shape index (κ2) is 16.9. The number of nitrogens with zero attached hydrogens (tertiary/aromatic N) is 1. The Hall–Kier alpha value is -9.23. The number of para-hydroxylation sites is 4. The first-order chi connectivity index (χ1) is 36.7. The van der Waals surface area contributed by atoms with Crippen molar-refractivity contribution in [2.24, 2.45) is 0 Å². The summed E-state index contributed by atoms with van der Waals surface area (Å²) in [6, 6.07) is 94.1. The van der Waals surface area contributed by atoms with Crippen LogP contribution in [0.15, 0.2) is 261 Å². The predicted molar refractivity (Wildman–Crippen MR) is 309 cm³/mol. The van der Waals surface area contributed by atoms with Crippen LogP contribution in [-0.4, -0.2) is 21.5 Å². The summed E-state index contributed by atoms with van der Waals surface area (Å²) in [7, 11) is -2.94. The van der Waals surface area contributed by atoms with Crippen LogP contribution in [0.1, 0.15) is 0 Å². The Bertz CT molecular complexity index is 3860. The van der Waals surface area contributed by atoms with Gasteiger partial charge in [0.15, 0.2) is 8.07 Å². The molecule has 74 heavy (non-hydrogen) atoms. The van der Waals surface area contributed by atoms with Crippen molar-refractivity contribution in [1.29, 1.82) is 0 Å². The summed E-state index contributed by atoms with van der Waals surface area (Å²) in [6.45, 7) is -0.237. The average molecular weight is 963 g/mol. The van der Waals surface area contributed by atoms with Crippen LogP contribution in [0.3, 0.4) is 0 Å². The van der Waals surface area contributed by atoms with Crippen molar-refractivity contribution in [2.75, 3.05) is 10.2 Å². The maximum Gasteiger partial charge on any atom is 0.260 e. The van der Waals surface area contributed by atoms with Crippen molar-refractivity contribution in [3.05, 3.63) is 261 Å². The number of ether oxygens (including phenoxy) is 3.